The van der Waals surface area contributed by atoms with E-state index in [1.165, 1.54) is 5.56 Å². The van der Waals surface area contributed by atoms with Crippen LogP contribution in [0.15, 0.2) is 34.7 Å². The number of rotatable bonds is 6. The first-order valence-electron chi connectivity index (χ1n) is 6.40. The van der Waals surface area contributed by atoms with Gasteiger partial charge in [-0.3, -0.25) is 0 Å². The minimum atomic E-state index is 0.661. The summed E-state index contributed by atoms with van der Waals surface area (Å²) < 4.78 is 12.2. The van der Waals surface area contributed by atoms with E-state index in [0.717, 1.165) is 34.0 Å². The molecule has 0 spiro atoms. The second-order valence-corrected chi connectivity index (χ2v) is 5.47. The van der Waals surface area contributed by atoms with E-state index in [-0.39, 0.29) is 0 Å². The third-order valence-electron chi connectivity index (χ3n) is 2.68. The van der Waals surface area contributed by atoms with Crippen molar-refractivity contribution in [3.63, 3.8) is 0 Å². The van der Waals surface area contributed by atoms with Gasteiger partial charge in [0.2, 0.25) is 0 Å². The highest BCUT2D eigenvalue weighted by Crippen LogP contribution is 2.26. The molecule has 0 saturated carbocycles. The van der Waals surface area contributed by atoms with Gasteiger partial charge < -0.3 is 14.5 Å². The number of benzene rings is 1. The predicted octanol–water partition coefficient (Wildman–Crippen LogP) is 4.59. The molecule has 0 fully saturated rings. The summed E-state index contributed by atoms with van der Waals surface area (Å²) in [7, 11) is 0. The fourth-order valence-corrected chi connectivity index (χ4v) is 2.20. The van der Waals surface area contributed by atoms with Crippen molar-refractivity contribution in [2.45, 2.75) is 26.8 Å². The molecule has 3 nitrogen and oxygen atoms in total. The third-order valence-corrected chi connectivity index (χ3v) is 3.26. The monoisotopic (exact) mass is 371 g/mol. The number of hydrogen-bond acceptors (Lipinski definition) is 3. The Morgan fingerprint density at radius 1 is 1.26 bits per heavy atom. The summed E-state index contributed by atoms with van der Waals surface area (Å²) in [6.07, 6.45) is 1.00. The number of anilines is 1. The maximum atomic E-state index is 5.77. The van der Waals surface area contributed by atoms with Crippen molar-refractivity contribution in [3.05, 3.63) is 45.4 Å². The Morgan fingerprint density at radius 3 is 2.79 bits per heavy atom. The van der Waals surface area contributed by atoms with Crippen molar-refractivity contribution in [2.24, 2.45) is 0 Å². The maximum Gasteiger partial charge on any atom is 0.164 e. The zero-order chi connectivity index (χ0) is 13.7. The number of halogens is 1. The van der Waals surface area contributed by atoms with Crippen LogP contribution in [0.1, 0.15) is 24.7 Å². The van der Waals surface area contributed by atoms with Crippen molar-refractivity contribution in [3.8, 4) is 5.75 Å². The van der Waals surface area contributed by atoms with Gasteiger partial charge in [0, 0.05) is 0 Å². The zero-order valence-electron chi connectivity index (χ0n) is 11.2. The van der Waals surface area contributed by atoms with Crippen molar-refractivity contribution in [1.82, 2.24) is 0 Å². The van der Waals surface area contributed by atoms with Gasteiger partial charge in [-0.15, -0.1) is 0 Å². The summed E-state index contributed by atoms with van der Waals surface area (Å²) in [5, 5.41) is 3.36. The van der Waals surface area contributed by atoms with Crippen LogP contribution in [0.25, 0.3) is 0 Å². The minimum Gasteiger partial charge on any atom is -0.491 e. The smallest absolute Gasteiger partial charge is 0.164 e. The summed E-state index contributed by atoms with van der Waals surface area (Å²) in [5.41, 5.74) is 2.20. The number of aryl methyl sites for hydroxylation is 1. The lowest BCUT2D eigenvalue weighted by atomic mass is 10.2. The molecule has 0 unspecified atom stereocenters. The Bertz CT molecular complexity index is 537. The molecular weight excluding hydrogens is 353 g/mol. The first-order chi connectivity index (χ1) is 9.19. The fourth-order valence-electron chi connectivity index (χ4n) is 1.74. The van der Waals surface area contributed by atoms with Gasteiger partial charge in [-0.25, -0.2) is 0 Å². The van der Waals surface area contributed by atoms with E-state index in [0.29, 0.717) is 6.54 Å². The molecule has 102 valence electrons. The van der Waals surface area contributed by atoms with Crippen LogP contribution in [0.3, 0.4) is 0 Å². The van der Waals surface area contributed by atoms with Crippen molar-refractivity contribution in [1.29, 1.82) is 0 Å². The quantitative estimate of drug-likeness (QED) is 0.754. The molecule has 2 rings (SSSR count). The normalized spacial score (nSPS) is 10.5. The van der Waals surface area contributed by atoms with E-state index in [4.69, 9.17) is 9.15 Å². The molecule has 0 radical (unpaired) electrons. The number of ether oxygens (including phenoxy) is 1. The average Bonchev–Trinajstić information content (AvgIpc) is 2.81. The Morgan fingerprint density at radius 2 is 2.11 bits per heavy atom. The van der Waals surface area contributed by atoms with E-state index < -0.39 is 0 Å². The van der Waals surface area contributed by atoms with Gasteiger partial charge in [0.25, 0.3) is 0 Å². The molecule has 1 heterocycles. The van der Waals surface area contributed by atoms with Crippen molar-refractivity contribution < 1.29 is 9.15 Å². The molecule has 19 heavy (non-hydrogen) atoms. The van der Waals surface area contributed by atoms with E-state index >= 15 is 0 Å². The largest absolute Gasteiger partial charge is 0.491 e. The van der Waals surface area contributed by atoms with E-state index in [2.05, 4.69) is 53.9 Å². The summed E-state index contributed by atoms with van der Waals surface area (Å²) in [5.74, 6) is 1.83. The summed E-state index contributed by atoms with van der Waals surface area (Å²) in [6, 6.07) is 10.1. The maximum absolute atomic E-state index is 5.77. The van der Waals surface area contributed by atoms with Gasteiger partial charge >= 0.3 is 0 Å². The second kappa shape index (κ2) is 6.84. The molecule has 0 atom stereocenters. The van der Waals surface area contributed by atoms with Gasteiger partial charge in [0.1, 0.15) is 11.5 Å². The van der Waals surface area contributed by atoms with Crippen molar-refractivity contribution in [2.75, 3.05) is 11.9 Å². The summed E-state index contributed by atoms with van der Waals surface area (Å²) in [4.78, 5) is 0. The number of hydrogen-bond donors (Lipinski definition) is 1. The zero-order valence-corrected chi connectivity index (χ0v) is 13.4. The predicted molar refractivity (Wildman–Crippen MR) is 85.7 cm³/mol. The topological polar surface area (TPSA) is 34.4 Å². The van der Waals surface area contributed by atoms with E-state index in [9.17, 15) is 0 Å². The van der Waals surface area contributed by atoms with Crippen LogP contribution in [0.4, 0.5) is 5.69 Å². The molecule has 1 aromatic heterocycles. The summed E-state index contributed by atoms with van der Waals surface area (Å²) in [6.45, 7) is 5.57. The Balaban J connectivity index is 2.05. The SMILES string of the molecule is CCCOc1cc(C)ccc1NCc1ccc(I)o1. The van der Waals surface area contributed by atoms with Gasteiger partial charge in [-0.05, 0) is 65.8 Å². The Kier molecular flexibility index (Phi) is 5.13. The molecule has 0 saturated heterocycles. The van der Waals surface area contributed by atoms with Gasteiger partial charge in [-0.1, -0.05) is 13.0 Å². The first-order valence-corrected chi connectivity index (χ1v) is 7.48. The van der Waals surface area contributed by atoms with Gasteiger partial charge in [0.05, 0.1) is 18.8 Å². The molecule has 1 N–H and O–H groups in total. The van der Waals surface area contributed by atoms with Crippen LogP contribution >= 0.6 is 22.6 Å². The van der Waals surface area contributed by atoms with Crippen LogP contribution in [0.5, 0.6) is 5.75 Å². The minimum absolute atomic E-state index is 0.661. The molecule has 4 heteroatoms. The van der Waals surface area contributed by atoms with Gasteiger partial charge in [0.15, 0.2) is 3.77 Å². The lowest BCUT2D eigenvalue weighted by Gasteiger charge is -2.13. The Hall–Kier alpha value is -1.17. The molecular formula is C15H18INO2. The lowest BCUT2D eigenvalue weighted by Crippen LogP contribution is -2.03. The highest BCUT2D eigenvalue weighted by atomic mass is 127. The standard InChI is InChI=1S/C15H18INO2/c1-3-8-18-14-9-11(2)4-6-13(14)17-10-12-5-7-15(16)19-12/h4-7,9,17H,3,8,10H2,1-2H3. The van der Waals surface area contributed by atoms with Gasteiger partial charge in [-0.2, -0.15) is 0 Å². The average molecular weight is 371 g/mol. The van der Waals surface area contributed by atoms with E-state index in [1.54, 1.807) is 0 Å². The molecule has 2 aromatic rings. The molecule has 0 aliphatic heterocycles. The van der Waals surface area contributed by atoms with Crippen molar-refractivity contribution >= 4 is 28.3 Å². The van der Waals surface area contributed by atoms with Crippen LogP contribution in [0, 0.1) is 10.7 Å². The highest BCUT2D eigenvalue weighted by molar-refractivity contribution is 14.1. The van der Waals surface area contributed by atoms with Crippen LogP contribution in [0.2, 0.25) is 0 Å². The second-order valence-electron chi connectivity index (χ2n) is 4.41. The van der Waals surface area contributed by atoms with Crippen LogP contribution in [-0.2, 0) is 6.54 Å². The fraction of sp³-hybridized carbons (Fsp3) is 0.333. The number of nitrogens with one attached hydrogen (secondary N) is 1. The van der Waals surface area contributed by atoms with E-state index in [1.807, 2.05) is 18.2 Å². The molecule has 1 aromatic carbocycles. The molecule has 0 bridgehead atoms. The molecule has 0 aliphatic rings. The lowest BCUT2D eigenvalue weighted by molar-refractivity contribution is 0.318. The first kappa shape index (κ1) is 14.2. The summed E-state index contributed by atoms with van der Waals surface area (Å²) >= 11 is 2.17. The van der Waals surface area contributed by atoms with Crippen LogP contribution < -0.4 is 10.1 Å². The third kappa shape index (κ3) is 4.16. The molecule has 0 aliphatic carbocycles. The highest BCUT2D eigenvalue weighted by Gasteiger charge is 2.05. The Labute approximate surface area is 127 Å². The molecule has 0 amide bonds. The van der Waals surface area contributed by atoms with Crippen LogP contribution in [-0.4, -0.2) is 6.61 Å². The number of furan rings is 1.